The molecule has 11 nitrogen and oxygen atoms in total. The number of fused-ring (bicyclic) bond motifs is 5. The lowest BCUT2D eigenvalue weighted by Gasteiger charge is -2.03. The van der Waals surface area contributed by atoms with Gasteiger partial charge in [0.25, 0.3) is 11.4 Å². The Morgan fingerprint density at radius 1 is 0.500 bits per heavy atom. The Labute approximate surface area is 247 Å². The summed E-state index contributed by atoms with van der Waals surface area (Å²) in [5.74, 6) is 1.16. The molecule has 5 heterocycles. The fourth-order valence-corrected chi connectivity index (χ4v) is 5.02. The van der Waals surface area contributed by atoms with Crippen LogP contribution in [0.5, 0.6) is 0 Å². The Morgan fingerprint density at radius 3 is 1.52 bits per heavy atom. The van der Waals surface area contributed by atoms with Crippen LogP contribution in [0.3, 0.4) is 0 Å². The van der Waals surface area contributed by atoms with Crippen LogP contribution in [0.2, 0.25) is 0 Å². The van der Waals surface area contributed by atoms with Gasteiger partial charge in [0.05, 0.1) is 39.3 Å². The Bertz CT molecular complexity index is 2350. The van der Waals surface area contributed by atoms with Gasteiger partial charge in [-0.2, -0.15) is 9.97 Å². The molecule has 0 spiro atoms. The molecular weight excluding hydrogens is 554 g/mol. The van der Waals surface area contributed by atoms with Crippen molar-refractivity contribution < 1.29 is 8.83 Å². The molecule has 0 saturated carbocycles. The van der Waals surface area contributed by atoms with Gasteiger partial charge in [-0.1, -0.05) is 36.4 Å². The van der Waals surface area contributed by atoms with Crippen molar-refractivity contribution in [2.75, 3.05) is 0 Å². The third-order valence-electron chi connectivity index (χ3n) is 7.08. The third kappa shape index (κ3) is 4.19. The molecule has 206 valence electrons. The summed E-state index contributed by atoms with van der Waals surface area (Å²) in [7, 11) is 0. The SMILES string of the molecule is C(=Nc1cnc2ccccc2n1)c1cc(-c2nc3nc4ccccc4nc3o2)cc(-c2nc3nc4ccccc4nc3o2)c1. The van der Waals surface area contributed by atoms with Crippen LogP contribution in [0.25, 0.3) is 78.7 Å². The van der Waals surface area contributed by atoms with E-state index in [2.05, 4.69) is 44.9 Å². The number of nitrogens with zero attached hydrogens (tertiary/aromatic N) is 9. The molecule has 0 atom stereocenters. The van der Waals surface area contributed by atoms with Crippen molar-refractivity contribution in [1.82, 2.24) is 39.9 Å². The highest BCUT2D eigenvalue weighted by molar-refractivity contribution is 5.89. The topological polar surface area (TPSA) is 142 Å². The molecule has 0 N–H and O–H groups in total. The molecule has 0 aliphatic rings. The summed E-state index contributed by atoms with van der Waals surface area (Å²) in [5, 5.41) is 0. The number of aliphatic imine (C=N–C) groups is 1. The van der Waals surface area contributed by atoms with Crippen LogP contribution in [0.1, 0.15) is 5.56 Å². The van der Waals surface area contributed by atoms with Crippen LogP contribution >= 0.6 is 0 Å². The molecular formula is C33H17N9O2. The van der Waals surface area contributed by atoms with E-state index in [0.29, 0.717) is 51.4 Å². The minimum absolute atomic E-state index is 0.340. The Balaban J connectivity index is 1.19. The minimum Gasteiger partial charge on any atom is -0.416 e. The van der Waals surface area contributed by atoms with E-state index in [1.54, 1.807) is 12.4 Å². The molecule has 11 heteroatoms. The van der Waals surface area contributed by atoms with Gasteiger partial charge >= 0.3 is 0 Å². The zero-order valence-electron chi connectivity index (χ0n) is 22.7. The molecule has 0 fully saturated rings. The van der Waals surface area contributed by atoms with Gasteiger partial charge in [-0.3, -0.25) is 4.98 Å². The van der Waals surface area contributed by atoms with Gasteiger partial charge in [0.15, 0.2) is 5.82 Å². The predicted octanol–water partition coefficient (Wildman–Crippen LogP) is 6.88. The summed E-state index contributed by atoms with van der Waals surface area (Å²) in [5.41, 5.74) is 8.01. The van der Waals surface area contributed by atoms with Gasteiger partial charge in [0, 0.05) is 17.3 Å². The molecule has 9 rings (SSSR count). The zero-order valence-corrected chi connectivity index (χ0v) is 22.7. The monoisotopic (exact) mass is 571 g/mol. The lowest BCUT2D eigenvalue weighted by atomic mass is 10.1. The van der Waals surface area contributed by atoms with E-state index in [0.717, 1.165) is 38.7 Å². The fourth-order valence-electron chi connectivity index (χ4n) is 5.02. The van der Waals surface area contributed by atoms with Gasteiger partial charge in [-0.05, 0) is 60.2 Å². The van der Waals surface area contributed by atoms with E-state index in [-0.39, 0.29) is 0 Å². The maximum atomic E-state index is 6.10. The summed E-state index contributed by atoms with van der Waals surface area (Å²) >= 11 is 0. The van der Waals surface area contributed by atoms with E-state index in [1.807, 2.05) is 91.0 Å². The lowest BCUT2D eigenvalue weighted by Crippen LogP contribution is -1.89. The molecule has 5 aromatic heterocycles. The number of hydrogen-bond acceptors (Lipinski definition) is 11. The predicted molar refractivity (Wildman–Crippen MR) is 165 cm³/mol. The van der Waals surface area contributed by atoms with Gasteiger partial charge in [0.1, 0.15) is 0 Å². The van der Waals surface area contributed by atoms with Gasteiger partial charge < -0.3 is 8.83 Å². The number of hydrogen-bond donors (Lipinski definition) is 0. The normalized spacial score (nSPS) is 12.0. The minimum atomic E-state index is 0.340. The zero-order chi connectivity index (χ0) is 29.0. The van der Waals surface area contributed by atoms with Gasteiger partial charge in [-0.15, -0.1) is 0 Å². The smallest absolute Gasteiger partial charge is 0.267 e. The molecule has 44 heavy (non-hydrogen) atoms. The molecule has 0 amide bonds. The third-order valence-corrected chi connectivity index (χ3v) is 7.08. The maximum Gasteiger partial charge on any atom is 0.267 e. The first-order valence-electron chi connectivity index (χ1n) is 13.7. The molecule has 0 aliphatic carbocycles. The fraction of sp³-hybridized carbons (Fsp3) is 0. The highest BCUT2D eigenvalue weighted by Gasteiger charge is 2.17. The summed E-state index contributed by atoms with van der Waals surface area (Å²) < 4.78 is 12.2. The first kappa shape index (κ1) is 24.1. The first-order chi connectivity index (χ1) is 21.7. The average Bonchev–Trinajstić information content (AvgIpc) is 3.68. The van der Waals surface area contributed by atoms with Crippen molar-refractivity contribution >= 4 is 67.9 Å². The van der Waals surface area contributed by atoms with Crippen LogP contribution in [-0.4, -0.2) is 46.1 Å². The summed E-state index contributed by atoms with van der Waals surface area (Å²) in [6.07, 6.45) is 3.34. The van der Waals surface area contributed by atoms with E-state index in [4.69, 9.17) is 8.83 Å². The molecule has 4 aromatic carbocycles. The van der Waals surface area contributed by atoms with Crippen LogP contribution in [0.15, 0.2) is 111 Å². The second-order valence-corrected chi connectivity index (χ2v) is 10.0. The number of benzene rings is 4. The molecule has 0 aliphatic heterocycles. The number of oxazole rings is 2. The number of aromatic nitrogens is 8. The Kier molecular flexibility index (Phi) is 5.23. The van der Waals surface area contributed by atoms with E-state index >= 15 is 0 Å². The lowest BCUT2D eigenvalue weighted by molar-refractivity contribution is 0.606. The van der Waals surface area contributed by atoms with Gasteiger partial charge in [0.2, 0.25) is 23.1 Å². The highest BCUT2D eigenvalue weighted by Crippen LogP contribution is 2.31. The van der Waals surface area contributed by atoms with E-state index in [9.17, 15) is 0 Å². The first-order valence-corrected chi connectivity index (χ1v) is 13.7. The molecule has 0 unspecified atom stereocenters. The van der Waals surface area contributed by atoms with Gasteiger partial charge in [-0.25, -0.2) is 29.9 Å². The Hall–Kier alpha value is -6.49. The van der Waals surface area contributed by atoms with Crippen molar-refractivity contribution in [3.05, 3.63) is 103 Å². The standard InChI is InChI=1S/C33H17N9O2/c1-2-8-22-21(7-1)34-17-27(36-22)35-16-18-13-19(30-41-28-32(43-30)39-25-11-5-3-9-23(25)37-28)15-20(14-18)31-42-29-33(44-31)40-26-12-6-4-10-24(26)38-29/h1-17H. The highest BCUT2D eigenvalue weighted by atomic mass is 16.4. The van der Waals surface area contributed by atoms with E-state index in [1.165, 1.54) is 0 Å². The quantitative estimate of drug-likeness (QED) is 0.205. The molecule has 0 saturated heterocycles. The van der Waals surface area contributed by atoms with Crippen molar-refractivity contribution in [3.8, 4) is 22.9 Å². The summed E-state index contributed by atoms with van der Waals surface area (Å²) in [6, 6.07) is 28.5. The maximum absolute atomic E-state index is 6.10. The molecule has 0 bridgehead atoms. The van der Waals surface area contributed by atoms with Crippen molar-refractivity contribution in [3.63, 3.8) is 0 Å². The number of rotatable bonds is 4. The van der Waals surface area contributed by atoms with Crippen molar-refractivity contribution in [1.29, 1.82) is 0 Å². The van der Waals surface area contributed by atoms with Crippen LogP contribution < -0.4 is 0 Å². The van der Waals surface area contributed by atoms with Crippen LogP contribution in [0, 0.1) is 0 Å². The average molecular weight is 572 g/mol. The van der Waals surface area contributed by atoms with E-state index < -0.39 is 0 Å². The summed E-state index contributed by atoms with van der Waals surface area (Å²) in [6.45, 7) is 0. The van der Waals surface area contributed by atoms with Crippen molar-refractivity contribution in [2.24, 2.45) is 4.99 Å². The van der Waals surface area contributed by atoms with Crippen LogP contribution in [0.4, 0.5) is 5.82 Å². The summed E-state index contributed by atoms with van der Waals surface area (Å²) in [4.78, 5) is 41.5. The molecule has 9 aromatic rings. The second-order valence-electron chi connectivity index (χ2n) is 10.0. The van der Waals surface area contributed by atoms with Crippen LogP contribution in [-0.2, 0) is 0 Å². The largest absolute Gasteiger partial charge is 0.416 e. The second kappa shape index (κ2) is 9.53. The number of para-hydroxylation sites is 6. The molecule has 0 radical (unpaired) electrons. The Morgan fingerprint density at radius 2 is 0.977 bits per heavy atom. The van der Waals surface area contributed by atoms with Crippen molar-refractivity contribution in [2.45, 2.75) is 0 Å².